The SMILES string of the molecule is Cc1ccc(-c2cccc3c2C=[C-]C3c2ccc(C)s2)cc1.Cc1ccc(-c2cccc3c2C=[C-]C3c2ccc(C)s2)cc1.[Cl-].[Cl-].[Zr+4]. The Morgan fingerprint density at radius 3 is 1.19 bits per heavy atom. The van der Waals surface area contributed by atoms with Crippen molar-refractivity contribution >= 4 is 34.8 Å². The molecule has 0 fully saturated rings. The fourth-order valence-corrected chi connectivity index (χ4v) is 8.08. The predicted molar refractivity (Wildman–Crippen MR) is 190 cm³/mol. The molecule has 0 amide bonds. The van der Waals surface area contributed by atoms with Gasteiger partial charge in [0.05, 0.1) is 0 Å². The van der Waals surface area contributed by atoms with E-state index >= 15 is 0 Å². The van der Waals surface area contributed by atoms with E-state index in [-0.39, 0.29) is 51.0 Å². The Morgan fingerprint density at radius 1 is 0.468 bits per heavy atom. The van der Waals surface area contributed by atoms with Gasteiger partial charge in [0.1, 0.15) is 0 Å². The molecule has 2 heterocycles. The summed E-state index contributed by atoms with van der Waals surface area (Å²) in [5, 5.41) is 0. The van der Waals surface area contributed by atoms with Gasteiger partial charge in [0.2, 0.25) is 0 Å². The van der Waals surface area contributed by atoms with Gasteiger partial charge in [-0.2, -0.15) is 11.1 Å². The molecule has 8 rings (SSSR count). The zero-order valence-electron chi connectivity index (χ0n) is 26.8. The number of benzene rings is 4. The molecular formula is C42H34Cl2S2Zr. The van der Waals surface area contributed by atoms with E-state index in [1.54, 1.807) is 0 Å². The molecule has 0 radical (unpaired) electrons. The molecule has 2 aromatic heterocycles. The van der Waals surface area contributed by atoms with Gasteiger partial charge in [-0.05, 0) is 72.8 Å². The minimum Gasteiger partial charge on any atom is -1.00 e. The van der Waals surface area contributed by atoms with Crippen molar-refractivity contribution in [2.75, 3.05) is 0 Å². The van der Waals surface area contributed by atoms with E-state index in [4.69, 9.17) is 0 Å². The van der Waals surface area contributed by atoms with Crippen LogP contribution < -0.4 is 24.8 Å². The molecule has 0 aliphatic heterocycles. The summed E-state index contributed by atoms with van der Waals surface area (Å²) in [5.74, 6) is 0.582. The van der Waals surface area contributed by atoms with Crippen LogP contribution in [0.25, 0.3) is 34.4 Å². The summed E-state index contributed by atoms with van der Waals surface area (Å²) < 4.78 is 0. The maximum absolute atomic E-state index is 3.56. The number of allylic oxidation sites excluding steroid dienone is 2. The molecule has 2 unspecified atom stereocenters. The normalized spacial score (nSPS) is 15.0. The number of rotatable bonds is 4. The number of fused-ring (bicyclic) bond motifs is 2. The van der Waals surface area contributed by atoms with E-state index in [0.717, 1.165) is 0 Å². The third kappa shape index (κ3) is 7.77. The molecule has 0 saturated carbocycles. The van der Waals surface area contributed by atoms with Crippen LogP contribution in [0.1, 0.15) is 64.7 Å². The molecular weight excluding hydrogens is 731 g/mol. The summed E-state index contributed by atoms with van der Waals surface area (Å²) in [5.41, 5.74) is 13.2. The third-order valence-electron chi connectivity index (χ3n) is 8.51. The average Bonchev–Trinajstić information content (AvgIpc) is 3.84. The molecule has 47 heavy (non-hydrogen) atoms. The first kappa shape index (κ1) is 37.0. The van der Waals surface area contributed by atoms with Crippen LogP contribution in [0.2, 0.25) is 0 Å². The molecule has 0 N–H and O–H groups in total. The maximum atomic E-state index is 3.56. The van der Waals surface area contributed by atoms with E-state index in [0.29, 0.717) is 11.8 Å². The second kappa shape index (κ2) is 16.1. The van der Waals surface area contributed by atoms with Crippen LogP contribution in [0.3, 0.4) is 0 Å². The third-order valence-corrected chi connectivity index (χ3v) is 10.6. The van der Waals surface area contributed by atoms with Gasteiger partial charge in [-0.1, -0.05) is 119 Å². The smallest absolute Gasteiger partial charge is 1.00 e. The molecule has 6 aromatic rings. The van der Waals surface area contributed by atoms with Gasteiger partial charge in [0.15, 0.2) is 0 Å². The van der Waals surface area contributed by atoms with Crippen LogP contribution >= 0.6 is 22.7 Å². The van der Waals surface area contributed by atoms with Gasteiger partial charge in [-0.15, -0.1) is 33.8 Å². The van der Waals surface area contributed by atoms with Crippen molar-refractivity contribution in [3.05, 3.63) is 174 Å². The van der Waals surface area contributed by atoms with Gasteiger partial charge in [0, 0.05) is 9.75 Å². The largest absolute Gasteiger partial charge is 4.00 e. The maximum Gasteiger partial charge on any atom is 4.00 e. The fraction of sp³-hybridized carbons (Fsp3) is 0.143. The zero-order chi connectivity index (χ0) is 30.2. The van der Waals surface area contributed by atoms with E-state index in [9.17, 15) is 0 Å². The molecule has 2 aliphatic carbocycles. The molecule has 4 aromatic carbocycles. The van der Waals surface area contributed by atoms with Crippen molar-refractivity contribution in [2.24, 2.45) is 0 Å². The number of halogens is 2. The summed E-state index contributed by atoms with van der Waals surface area (Å²) in [6, 6.07) is 39.7. The standard InChI is InChI=1S/2C21H17S.2ClH.Zr/c2*1-14-6-9-16(10-7-14)17-4-3-5-18-19(17)11-12-20(18)21-13-8-15(2)22-21;;;/h2*3-11,13,20H,1-2H3;2*1H;/q2*-1;;;+4/p-2. The van der Waals surface area contributed by atoms with E-state index in [1.807, 2.05) is 22.7 Å². The molecule has 2 aliphatic rings. The predicted octanol–water partition coefficient (Wildman–Crippen LogP) is 5.99. The summed E-state index contributed by atoms with van der Waals surface area (Å²) in [4.78, 5) is 5.49. The van der Waals surface area contributed by atoms with Gasteiger partial charge < -0.3 is 24.8 Å². The summed E-state index contributed by atoms with van der Waals surface area (Å²) >= 11 is 3.74. The molecule has 232 valence electrons. The van der Waals surface area contributed by atoms with Gasteiger partial charge in [-0.25, -0.2) is 12.2 Å². The molecule has 2 atom stereocenters. The van der Waals surface area contributed by atoms with Crippen molar-refractivity contribution in [2.45, 2.75) is 39.5 Å². The van der Waals surface area contributed by atoms with Crippen molar-refractivity contribution in [3.8, 4) is 22.3 Å². The topological polar surface area (TPSA) is 0 Å². The van der Waals surface area contributed by atoms with Crippen LogP contribution in [-0.4, -0.2) is 0 Å². The Balaban J connectivity index is 0.000000200. The van der Waals surface area contributed by atoms with Crippen LogP contribution in [0.5, 0.6) is 0 Å². The van der Waals surface area contributed by atoms with Crippen LogP contribution in [0.15, 0.2) is 109 Å². The number of hydrogen-bond donors (Lipinski definition) is 0. The minimum absolute atomic E-state index is 0. The Kier molecular flexibility index (Phi) is 12.7. The van der Waals surface area contributed by atoms with E-state index in [1.165, 1.54) is 75.1 Å². The second-order valence-electron chi connectivity index (χ2n) is 11.7. The van der Waals surface area contributed by atoms with Crippen LogP contribution in [0.4, 0.5) is 0 Å². The monoisotopic (exact) mass is 762 g/mol. The molecule has 0 nitrogen and oxygen atoms in total. The van der Waals surface area contributed by atoms with Crippen LogP contribution in [0, 0.1) is 39.8 Å². The molecule has 0 bridgehead atoms. The van der Waals surface area contributed by atoms with Crippen molar-refractivity contribution in [1.82, 2.24) is 0 Å². The Bertz CT molecular complexity index is 1870. The van der Waals surface area contributed by atoms with Gasteiger partial charge >= 0.3 is 26.2 Å². The number of aryl methyl sites for hydroxylation is 4. The Hall–Kier alpha value is -2.78. The second-order valence-corrected chi connectivity index (χ2v) is 14.4. The average molecular weight is 765 g/mol. The fourth-order valence-electron chi connectivity index (χ4n) is 6.16. The summed E-state index contributed by atoms with van der Waals surface area (Å²) in [6.45, 7) is 8.58. The van der Waals surface area contributed by atoms with E-state index < -0.39 is 0 Å². The van der Waals surface area contributed by atoms with Gasteiger partial charge in [-0.3, -0.25) is 12.2 Å². The molecule has 0 saturated heterocycles. The minimum atomic E-state index is 0. The van der Waals surface area contributed by atoms with Crippen molar-refractivity contribution in [3.63, 3.8) is 0 Å². The van der Waals surface area contributed by atoms with Gasteiger partial charge in [0.25, 0.3) is 0 Å². The summed E-state index contributed by atoms with van der Waals surface area (Å²) in [7, 11) is 0. The van der Waals surface area contributed by atoms with Crippen molar-refractivity contribution in [1.29, 1.82) is 0 Å². The molecule has 5 heteroatoms. The summed E-state index contributed by atoms with van der Waals surface area (Å²) in [6.07, 6.45) is 11.5. The number of thiophene rings is 2. The first-order valence-corrected chi connectivity index (χ1v) is 16.8. The van der Waals surface area contributed by atoms with Crippen LogP contribution in [-0.2, 0) is 26.2 Å². The number of hydrogen-bond acceptors (Lipinski definition) is 2. The first-order chi connectivity index (χ1) is 21.4. The first-order valence-electron chi connectivity index (χ1n) is 15.2. The quantitative estimate of drug-likeness (QED) is 0.194. The van der Waals surface area contributed by atoms with Crippen molar-refractivity contribution < 1.29 is 51.0 Å². The Labute approximate surface area is 319 Å². The van der Waals surface area contributed by atoms with E-state index in [2.05, 4.69) is 161 Å². The molecule has 0 spiro atoms. The zero-order valence-corrected chi connectivity index (χ0v) is 32.4. The Morgan fingerprint density at radius 2 is 0.851 bits per heavy atom.